The van der Waals surface area contributed by atoms with Crippen molar-refractivity contribution >= 4 is 33.0 Å². The number of anilines is 3. The predicted molar refractivity (Wildman–Crippen MR) is 137 cm³/mol. The summed E-state index contributed by atoms with van der Waals surface area (Å²) >= 11 is 0. The van der Waals surface area contributed by atoms with Crippen LogP contribution in [-0.2, 0) is 16.4 Å². The molecule has 0 radical (unpaired) electrons. The molecular weight excluding hydrogens is 446 g/mol. The van der Waals surface area contributed by atoms with Gasteiger partial charge in [-0.2, -0.15) is 0 Å². The van der Waals surface area contributed by atoms with Gasteiger partial charge in [-0.25, -0.2) is 8.42 Å². The zero-order valence-electron chi connectivity index (χ0n) is 18.4. The third-order valence-corrected chi connectivity index (χ3v) is 6.58. The highest BCUT2D eigenvalue weighted by molar-refractivity contribution is 7.92. The van der Waals surface area contributed by atoms with Crippen molar-refractivity contribution in [2.45, 2.75) is 11.3 Å². The highest BCUT2D eigenvalue weighted by Gasteiger charge is 2.14. The summed E-state index contributed by atoms with van der Waals surface area (Å²) in [5, 5.41) is 6.23. The molecule has 0 bridgehead atoms. The van der Waals surface area contributed by atoms with Crippen molar-refractivity contribution in [2.75, 3.05) is 21.9 Å². The molecular formula is C27H25N3O3S. The first-order valence-electron chi connectivity index (χ1n) is 10.9. The summed E-state index contributed by atoms with van der Waals surface area (Å²) < 4.78 is 27.4. The van der Waals surface area contributed by atoms with Gasteiger partial charge in [-0.1, -0.05) is 48.5 Å². The monoisotopic (exact) mass is 471 g/mol. The number of amides is 1. The summed E-state index contributed by atoms with van der Waals surface area (Å²) in [5.74, 6) is -0.276. The average molecular weight is 472 g/mol. The SMILES string of the molecule is O=C(Nc1ccc(NCCc2ccccc2)cc1)c1ccc(NS(=O)(=O)c2ccccc2)cc1. The number of hydrogen-bond donors (Lipinski definition) is 3. The van der Waals surface area contributed by atoms with E-state index in [4.69, 9.17) is 0 Å². The molecule has 0 aliphatic heterocycles. The second-order valence-corrected chi connectivity index (χ2v) is 9.37. The number of carbonyl (C=O) groups is 1. The normalized spacial score (nSPS) is 10.9. The van der Waals surface area contributed by atoms with Crippen LogP contribution in [-0.4, -0.2) is 20.9 Å². The molecule has 4 rings (SSSR count). The van der Waals surface area contributed by atoms with Crippen molar-refractivity contribution in [3.63, 3.8) is 0 Å². The summed E-state index contributed by atoms with van der Waals surface area (Å²) in [4.78, 5) is 12.8. The minimum atomic E-state index is -3.68. The largest absolute Gasteiger partial charge is 0.385 e. The molecule has 0 atom stereocenters. The van der Waals surface area contributed by atoms with Crippen molar-refractivity contribution in [1.82, 2.24) is 0 Å². The van der Waals surface area contributed by atoms with Crippen molar-refractivity contribution in [3.05, 3.63) is 120 Å². The van der Waals surface area contributed by atoms with E-state index >= 15 is 0 Å². The maximum atomic E-state index is 12.6. The van der Waals surface area contributed by atoms with Gasteiger partial charge in [-0.15, -0.1) is 0 Å². The number of hydrogen-bond acceptors (Lipinski definition) is 4. The first-order valence-corrected chi connectivity index (χ1v) is 12.4. The lowest BCUT2D eigenvalue weighted by Gasteiger charge is -2.10. The van der Waals surface area contributed by atoms with Crippen LogP contribution < -0.4 is 15.4 Å². The number of nitrogens with one attached hydrogen (secondary N) is 3. The van der Waals surface area contributed by atoms with E-state index < -0.39 is 10.0 Å². The van der Waals surface area contributed by atoms with Crippen LogP contribution in [0.3, 0.4) is 0 Å². The third-order valence-electron chi connectivity index (χ3n) is 5.18. The minimum Gasteiger partial charge on any atom is -0.385 e. The van der Waals surface area contributed by atoms with Gasteiger partial charge in [-0.3, -0.25) is 9.52 Å². The van der Waals surface area contributed by atoms with E-state index in [2.05, 4.69) is 27.5 Å². The van der Waals surface area contributed by atoms with Gasteiger partial charge in [0.25, 0.3) is 15.9 Å². The Bertz CT molecular complexity index is 1320. The van der Waals surface area contributed by atoms with Crippen molar-refractivity contribution in [2.24, 2.45) is 0 Å². The third kappa shape index (κ3) is 6.24. The lowest BCUT2D eigenvalue weighted by molar-refractivity contribution is 0.102. The summed E-state index contributed by atoms with van der Waals surface area (Å²) in [5.41, 5.74) is 3.73. The van der Waals surface area contributed by atoms with Crippen molar-refractivity contribution < 1.29 is 13.2 Å². The molecule has 0 aliphatic carbocycles. The van der Waals surface area contributed by atoms with Gasteiger partial charge in [0.05, 0.1) is 4.90 Å². The Labute approximate surface area is 199 Å². The molecule has 0 spiro atoms. The molecule has 0 fully saturated rings. The van der Waals surface area contributed by atoms with Gasteiger partial charge < -0.3 is 10.6 Å². The van der Waals surface area contributed by atoms with Crippen LogP contribution in [0.5, 0.6) is 0 Å². The lowest BCUT2D eigenvalue weighted by atomic mass is 10.1. The van der Waals surface area contributed by atoms with Gasteiger partial charge in [0.1, 0.15) is 0 Å². The second-order valence-electron chi connectivity index (χ2n) is 7.69. The number of carbonyl (C=O) groups excluding carboxylic acids is 1. The first-order chi connectivity index (χ1) is 16.5. The lowest BCUT2D eigenvalue weighted by Crippen LogP contribution is -2.14. The van der Waals surface area contributed by atoms with Crippen LogP contribution in [0, 0.1) is 0 Å². The Morgan fingerprint density at radius 2 is 1.21 bits per heavy atom. The summed E-state index contributed by atoms with van der Waals surface area (Å²) in [6.45, 7) is 0.816. The number of sulfonamides is 1. The van der Waals surface area contributed by atoms with Gasteiger partial charge >= 0.3 is 0 Å². The maximum absolute atomic E-state index is 12.6. The summed E-state index contributed by atoms with van der Waals surface area (Å²) in [6, 6.07) is 32.2. The van der Waals surface area contributed by atoms with Gasteiger partial charge in [0, 0.05) is 29.2 Å². The van der Waals surface area contributed by atoms with Crippen LogP contribution in [0.15, 0.2) is 114 Å². The summed E-state index contributed by atoms with van der Waals surface area (Å²) in [7, 11) is -3.68. The predicted octanol–water partition coefficient (Wildman–Crippen LogP) is 5.39. The van der Waals surface area contributed by atoms with Gasteiger partial charge in [0.15, 0.2) is 0 Å². The fourth-order valence-corrected chi connectivity index (χ4v) is 4.45. The topological polar surface area (TPSA) is 87.3 Å². The van der Waals surface area contributed by atoms with Crippen molar-refractivity contribution in [1.29, 1.82) is 0 Å². The van der Waals surface area contributed by atoms with Crippen LogP contribution in [0.1, 0.15) is 15.9 Å². The van der Waals surface area contributed by atoms with Gasteiger partial charge in [-0.05, 0) is 72.6 Å². The Hall–Kier alpha value is -4.10. The molecule has 6 nitrogen and oxygen atoms in total. The van der Waals surface area contributed by atoms with E-state index in [1.54, 1.807) is 42.5 Å². The molecule has 4 aromatic carbocycles. The average Bonchev–Trinajstić information content (AvgIpc) is 2.86. The Kier molecular flexibility index (Phi) is 7.25. The molecule has 1 amide bonds. The van der Waals surface area contributed by atoms with Gasteiger partial charge in [0.2, 0.25) is 0 Å². The molecule has 0 saturated heterocycles. The first kappa shape index (κ1) is 23.1. The number of benzene rings is 4. The van der Waals surface area contributed by atoms with E-state index in [0.717, 1.165) is 18.7 Å². The van der Waals surface area contributed by atoms with E-state index in [0.29, 0.717) is 16.9 Å². The Morgan fingerprint density at radius 3 is 1.85 bits per heavy atom. The van der Waals surface area contributed by atoms with Crippen LogP contribution in [0.4, 0.5) is 17.1 Å². The highest BCUT2D eigenvalue weighted by Crippen LogP contribution is 2.18. The fourth-order valence-electron chi connectivity index (χ4n) is 3.37. The zero-order chi connectivity index (χ0) is 23.8. The molecule has 0 saturated carbocycles. The zero-order valence-corrected chi connectivity index (χ0v) is 19.3. The number of rotatable bonds is 9. The molecule has 0 aromatic heterocycles. The van der Waals surface area contributed by atoms with Crippen LogP contribution in [0.2, 0.25) is 0 Å². The highest BCUT2D eigenvalue weighted by atomic mass is 32.2. The molecule has 34 heavy (non-hydrogen) atoms. The molecule has 4 aromatic rings. The van der Waals surface area contributed by atoms with E-state index in [1.807, 2.05) is 42.5 Å². The standard InChI is InChI=1S/C27H25N3O3S/c31-27(22-11-13-25(14-12-22)30-34(32,33)26-9-5-2-6-10-26)29-24-17-15-23(16-18-24)28-20-19-21-7-3-1-4-8-21/h1-18,28,30H,19-20H2,(H,29,31). The van der Waals surface area contributed by atoms with Crippen LogP contribution >= 0.6 is 0 Å². The second kappa shape index (κ2) is 10.7. The van der Waals surface area contributed by atoms with E-state index in [1.165, 1.54) is 17.7 Å². The molecule has 172 valence electrons. The molecule has 7 heteroatoms. The quantitative estimate of drug-likeness (QED) is 0.305. The molecule has 0 aliphatic rings. The molecule has 3 N–H and O–H groups in total. The Balaban J connectivity index is 1.30. The fraction of sp³-hybridized carbons (Fsp3) is 0.0741. The van der Waals surface area contributed by atoms with E-state index in [-0.39, 0.29) is 10.8 Å². The summed E-state index contributed by atoms with van der Waals surface area (Å²) in [6.07, 6.45) is 0.927. The molecule has 0 heterocycles. The maximum Gasteiger partial charge on any atom is 0.261 e. The Morgan fingerprint density at radius 1 is 0.647 bits per heavy atom. The minimum absolute atomic E-state index is 0.176. The van der Waals surface area contributed by atoms with E-state index in [9.17, 15) is 13.2 Å². The van der Waals surface area contributed by atoms with Crippen LogP contribution in [0.25, 0.3) is 0 Å². The van der Waals surface area contributed by atoms with Crippen molar-refractivity contribution in [3.8, 4) is 0 Å². The molecule has 0 unspecified atom stereocenters. The smallest absolute Gasteiger partial charge is 0.261 e.